The van der Waals surface area contributed by atoms with E-state index in [1.54, 1.807) is 6.33 Å². The number of hydrogen-bond donors (Lipinski definition) is 2. The summed E-state index contributed by atoms with van der Waals surface area (Å²) in [4.78, 5) is 43.0. The van der Waals surface area contributed by atoms with Gasteiger partial charge in [-0.05, 0) is 37.3 Å². The second kappa shape index (κ2) is 7.85. The van der Waals surface area contributed by atoms with Crippen LogP contribution in [0.25, 0.3) is 11.0 Å². The van der Waals surface area contributed by atoms with Gasteiger partial charge >= 0.3 is 6.03 Å². The van der Waals surface area contributed by atoms with Gasteiger partial charge in [0.25, 0.3) is 5.91 Å². The Morgan fingerprint density at radius 2 is 2.14 bits per heavy atom. The molecule has 8 nitrogen and oxygen atoms in total. The van der Waals surface area contributed by atoms with Gasteiger partial charge in [0.2, 0.25) is 5.91 Å². The van der Waals surface area contributed by atoms with Crippen LogP contribution in [-0.2, 0) is 16.1 Å². The molecule has 1 aliphatic heterocycles. The van der Waals surface area contributed by atoms with E-state index in [1.165, 1.54) is 0 Å². The first-order chi connectivity index (χ1) is 14.0. The fourth-order valence-electron chi connectivity index (χ4n) is 4.50. The molecule has 0 radical (unpaired) electrons. The van der Waals surface area contributed by atoms with Gasteiger partial charge in [0.05, 0.1) is 17.4 Å². The average molecular weight is 397 g/mol. The zero-order valence-electron chi connectivity index (χ0n) is 16.7. The molecule has 2 N–H and O–H groups in total. The van der Waals surface area contributed by atoms with E-state index in [9.17, 15) is 14.4 Å². The maximum Gasteiger partial charge on any atom is 0.325 e. The number of fused-ring (bicyclic) bond motifs is 1. The third-order valence-electron chi connectivity index (χ3n) is 6.23. The molecule has 1 aliphatic carbocycles. The third kappa shape index (κ3) is 3.59. The molecular formula is C21H27N5O3. The van der Waals surface area contributed by atoms with Crippen LogP contribution >= 0.6 is 0 Å². The van der Waals surface area contributed by atoms with Gasteiger partial charge in [0, 0.05) is 13.1 Å². The number of carbonyl (C=O) groups is 3. The highest BCUT2D eigenvalue weighted by molar-refractivity contribution is 6.09. The van der Waals surface area contributed by atoms with Crippen LogP contribution in [0.3, 0.4) is 0 Å². The molecule has 4 rings (SSSR count). The smallest absolute Gasteiger partial charge is 0.325 e. The van der Waals surface area contributed by atoms with E-state index >= 15 is 0 Å². The number of nitrogens with zero attached hydrogens (tertiary/aromatic N) is 3. The summed E-state index contributed by atoms with van der Waals surface area (Å²) in [6.07, 6.45) is 6.07. The van der Waals surface area contributed by atoms with Crippen LogP contribution in [0.15, 0.2) is 30.6 Å². The van der Waals surface area contributed by atoms with Crippen LogP contribution < -0.4 is 10.6 Å². The quantitative estimate of drug-likeness (QED) is 0.576. The predicted octanol–water partition coefficient (Wildman–Crippen LogP) is 2.04. The standard InChI is InChI=1S/C21H27N5O3/c1-15-7-4-5-10-21(15)19(28)26(20(29)24-21)13-18(27)22-11-6-12-25-14-23-16-8-2-3-9-17(16)25/h2-3,8-9,14-15H,4-7,10-13H2,1H3,(H,22,27)(H,24,29). The Morgan fingerprint density at radius 1 is 1.31 bits per heavy atom. The molecule has 2 aliphatic rings. The van der Waals surface area contributed by atoms with Crippen LogP contribution in [0.2, 0.25) is 0 Å². The lowest BCUT2D eigenvalue weighted by Crippen LogP contribution is -2.54. The van der Waals surface area contributed by atoms with Crippen molar-refractivity contribution in [3.8, 4) is 0 Å². The van der Waals surface area contributed by atoms with Crippen molar-refractivity contribution in [1.29, 1.82) is 0 Å². The minimum absolute atomic E-state index is 0.0887. The minimum Gasteiger partial charge on any atom is -0.354 e. The van der Waals surface area contributed by atoms with Gasteiger partial charge in [-0.1, -0.05) is 31.9 Å². The summed E-state index contributed by atoms with van der Waals surface area (Å²) in [5.41, 5.74) is 1.18. The third-order valence-corrected chi connectivity index (χ3v) is 6.23. The maximum absolute atomic E-state index is 12.9. The molecule has 29 heavy (non-hydrogen) atoms. The summed E-state index contributed by atoms with van der Waals surface area (Å²) in [5.74, 6) is -0.481. The summed E-state index contributed by atoms with van der Waals surface area (Å²) in [6.45, 7) is 2.97. The molecule has 4 amide bonds. The van der Waals surface area contributed by atoms with E-state index in [0.29, 0.717) is 13.0 Å². The molecule has 154 valence electrons. The van der Waals surface area contributed by atoms with Gasteiger partial charge in [-0.25, -0.2) is 9.78 Å². The lowest BCUT2D eigenvalue weighted by molar-refractivity contribution is -0.137. The number of imidazole rings is 1. The van der Waals surface area contributed by atoms with E-state index in [4.69, 9.17) is 0 Å². The zero-order chi connectivity index (χ0) is 20.4. The van der Waals surface area contributed by atoms with Gasteiger partial charge in [-0.2, -0.15) is 0 Å². The highest BCUT2D eigenvalue weighted by Crippen LogP contribution is 2.38. The lowest BCUT2D eigenvalue weighted by atomic mass is 9.73. The number of imide groups is 1. The molecular weight excluding hydrogens is 370 g/mol. The van der Waals surface area contributed by atoms with Crippen molar-refractivity contribution in [3.63, 3.8) is 0 Å². The molecule has 0 bridgehead atoms. The number of carbonyl (C=O) groups excluding carboxylic acids is 3. The predicted molar refractivity (Wildman–Crippen MR) is 108 cm³/mol. The maximum atomic E-state index is 12.9. The molecule has 2 unspecified atom stereocenters. The van der Waals surface area contributed by atoms with Crippen LogP contribution in [-0.4, -0.2) is 50.9 Å². The highest BCUT2D eigenvalue weighted by Gasteiger charge is 2.55. The Kier molecular flexibility index (Phi) is 5.25. The SMILES string of the molecule is CC1CCCCC12NC(=O)N(CC(=O)NCCCn1cnc3ccccc31)C2=O. The fourth-order valence-corrected chi connectivity index (χ4v) is 4.50. The van der Waals surface area contributed by atoms with E-state index in [2.05, 4.69) is 15.6 Å². The van der Waals surface area contributed by atoms with E-state index < -0.39 is 11.6 Å². The van der Waals surface area contributed by atoms with E-state index in [1.807, 2.05) is 35.8 Å². The first-order valence-electron chi connectivity index (χ1n) is 10.3. The Hall–Kier alpha value is -2.90. The molecule has 1 spiro atoms. The molecule has 2 aromatic rings. The molecule has 8 heteroatoms. The van der Waals surface area contributed by atoms with Gasteiger partial charge in [-0.15, -0.1) is 0 Å². The first-order valence-corrected chi connectivity index (χ1v) is 10.3. The molecule has 1 saturated heterocycles. The van der Waals surface area contributed by atoms with Crippen LogP contribution in [0.5, 0.6) is 0 Å². The average Bonchev–Trinajstić information content (AvgIpc) is 3.23. The van der Waals surface area contributed by atoms with Crippen molar-refractivity contribution >= 4 is 28.9 Å². The Labute approximate surface area is 169 Å². The normalized spacial score (nSPS) is 24.3. The highest BCUT2D eigenvalue weighted by atomic mass is 16.2. The largest absolute Gasteiger partial charge is 0.354 e. The summed E-state index contributed by atoms with van der Waals surface area (Å²) < 4.78 is 2.05. The summed E-state index contributed by atoms with van der Waals surface area (Å²) in [7, 11) is 0. The molecule has 1 aromatic carbocycles. The number of aromatic nitrogens is 2. The fraction of sp³-hybridized carbons (Fsp3) is 0.524. The molecule has 1 aromatic heterocycles. The van der Waals surface area contributed by atoms with Crippen molar-refractivity contribution in [2.24, 2.45) is 5.92 Å². The van der Waals surface area contributed by atoms with Crippen molar-refractivity contribution in [3.05, 3.63) is 30.6 Å². The number of hydrogen-bond acceptors (Lipinski definition) is 4. The van der Waals surface area contributed by atoms with Gasteiger partial charge < -0.3 is 15.2 Å². The van der Waals surface area contributed by atoms with Crippen LogP contribution in [0, 0.1) is 5.92 Å². The number of amides is 4. The topological polar surface area (TPSA) is 96.3 Å². The van der Waals surface area contributed by atoms with Gasteiger partial charge in [-0.3, -0.25) is 14.5 Å². The molecule has 2 fully saturated rings. The Balaban J connectivity index is 1.27. The van der Waals surface area contributed by atoms with E-state index in [0.717, 1.165) is 48.2 Å². The Morgan fingerprint density at radius 3 is 2.97 bits per heavy atom. The number of para-hydroxylation sites is 2. The summed E-state index contributed by atoms with van der Waals surface area (Å²) >= 11 is 0. The second-order valence-electron chi connectivity index (χ2n) is 8.07. The van der Waals surface area contributed by atoms with Crippen molar-refractivity contribution < 1.29 is 14.4 Å². The number of benzene rings is 1. The molecule has 2 heterocycles. The van der Waals surface area contributed by atoms with Crippen molar-refractivity contribution in [2.45, 2.75) is 51.1 Å². The molecule has 2 atom stereocenters. The van der Waals surface area contributed by atoms with Crippen molar-refractivity contribution in [1.82, 2.24) is 25.1 Å². The number of nitrogens with one attached hydrogen (secondary N) is 2. The Bertz CT molecular complexity index is 939. The number of rotatable bonds is 6. The van der Waals surface area contributed by atoms with Crippen LogP contribution in [0.4, 0.5) is 4.79 Å². The minimum atomic E-state index is -0.821. The van der Waals surface area contributed by atoms with E-state index in [-0.39, 0.29) is 24.3 Å². The van der Waals surface area contributed by atoms with Gasteiger partial charge in [0.1, 0.15) is 12.1 Å². The lowest BCUT2D eigenvalue weighted by Gasteiger charge is -2.36. The molecule has 1 saturated carbocycles. The first kappa shape index (κ1) is 19.4. The number of aryl methyl sites for hydroxylation is 1. The van der Waals surface area contributed by atoms with Gasteiger partial charge in [0.15, 0.2) is 0 Å². The number of urea groups is 1. The van der Waals surface area contributed by atoms with Crippen LogP contribution in [0.1, 0.15) is 39.0 Å². The van der Waals surface area contributed by atoms with Crippen molar-refractivity contribution in [2.75, 3.05) is 13.1 Å². The monoisotopic (exact) mass is 397 g/mol. The summed E-state index contributed by atoms with van der Waals surface area (Å²) in [6, 6.07) is 7.45. The summed E-state index contributed by atoms with van der Waals surface area (Å²) in [5, 5.41) is 5.69. The second-order valence-corrected chi connectivity index (χ2v) is 8.07. The zero-order valence-corrected chi connectivity index (χ0v) is 16.7.